The van der Waals surface area contributed by atoms with E-state index >= 15 is 0 Å². The number of nitrogens with one attached hydrogen (secondary N) is 2. The topological polar surface area (TPSA) is 114 Å². The predicted octanol–water partition coefficient (Wildman–Crippen LogP) is 3.08. The van der Waals surface area contributed by atoms with Crippen LogP contribution in [0.5, 0.6) is 0 Å². The third-order valence-electron chi connectivity index (χ3n) is 5.76. The summed E-state index contributed by atoms with van der Waals surface area (Å²) < 4.78 is 10.7. The Balaban J connectivity index is 1.64. The standard InChI is InChI=1S/C25H28N2O6/c1-15(24(29)30)12-13-26-23(28)22(16(2)32-3)27-25(31)33-14-21-19-10-6-4-8-17(19)18-9-5-7-11-20(18)21/h4-12,16,21-22H,13-14H2,1-3H3,(H,26,28)(H,27,31)(H,29,30)/b15-12+/t16-,22+/m1/s1. The van der Waals surface area contributed by atoms with E-state index in [4.69, 9.17) is 14.6 Å². The van der Waals surface area contributed by atoms with Crippen molar-refractivity contribution in [2.75, 3.05) is 20.3 Å². The maximum Gasteiger partial charge on any atom is 0.407 e. The van der Waals surface area contributed by atoms with Gasteiger partial charge in [0.2, 0.25) is 5.91 Å². The van der Waals surface area contributed by atoms with Gasteiger partial charge in [0.15, 0.2) is 0 Å². The molecule has 8 nitrogen and oxygen atoms in total. The van der Waals surface area contributed by atoms with E-state index in [0.717, 1.165) is 22.3 Å². The summed E-state index contributed by atoms with van der Waals surface area (Å²) in [7, 11) is 1.43. The number of methoxy groups -OCH3 is 1. The molecule has 0 saturated heterocycles. The molecule has 1 aliphatic rings. The molecule has 2 aromatic rings. The number of carboxylic acid groups (broad SMARTS) is 1. The minimum absolute atomic E-state index is 0.0102. The second-order valence-corrected chi connectivity index (χ2v) is 7.83. The number of alkyl carbamates (subject to hydrolysis) is 1. The molecule has 0 aromatic heterocycles. The summed E-state index contributed by atoms with van der Waals surface area (Å²) in [4.78, 5) is 36.0. The molecule has 174 valence electrons. The van der Waals surface area contributed by atoms with Crippen LogP contribution >= 0.6 is 0 Å². The van der Waals surface area contributed by atoms with E-state index in [0.29, 0.717) is 0 Å². The molecule has 0 radical (unpaired) electrons. The summed E-state index contributed by atoms with van der Waals surface area (Å²) in [5.74, 6) is -1.67. The van der Waals surface area contributed by atoms with E-state index in [1.807, 2.05) is 36.4 Å². The molecule has 33 heavy (non-hydrogen) atoms. The molecule has 2 aromatic carbocycles. The van der Waals surface area contributed by atoms with Crippen molar-refractivity contribution in [2.24, 2.45) is 0 Å². The summed E-state index contributed by atoms with van der Waals surface area (Å²) in [6.45, 7) is 3.21. The van der Waals surface area contributed by atoms with Crippen molar-refractivity contribution in [3.8, 4) is 11.1 Å². The van der Waals surface area contributed by atoms with Crippen molar-refractivity contribution < 1.29 is 29.0 Å². The summed E-state index contributed by atoms with van der Waals surface area (Å²) in [5.41, 5.74) is 4.53. The summed E-state index contributed by atoms with van der Waals surface area (Å²) in [5, 5.41) is 14.0. The van der Waals surface area contributed by atoms with Crippen molar-refractivity contribution in [1.29, 1.82) is 0 Å². The smallest absolute Gasteiger partial charge is 0.407 e. The molecule has 2 atom stereocenters. The highest BCUT2D eigenvalue weighted by atomic mass is 16.5. The van der Waals surface area contributed by atoms with Gasteiger partial charge in [0, 0.05) is 25.1 Å². The monoisotopic (exact) mass is 452 g/mol. The van der Waals surface area contributed by atoms with Crippen molar-refractivity contribution >= 4 is 18.0 Å². The molecule has 2 amide bonds. The van der Waals surface area contributed by atoms with Crippen LogP contribution in [0.4, 0.5) is 4.79 Å². The van der Waals surface area contributed by atoms with Gasteiger partial charge in [0.1, 0.15) is 12.6 Å². The highest BCUT2D eigenvalue weighted by molar-refractivity contribution is 5.87. The number of carbonyl (C=O) groups excluding carboxylic acids is 2. The Morgan fingerprint density at radius 1 is 1.06 bits per heavy atom. The number of aliphatic carboxylic acids is 1. The fraction of sp³-hybridized carbons (Fsp3) is 0.320. The molecule has 3 N–H and O–H groups in total. The van der Waals surface area contributed by atoms with Crippen LogP contribution in [0, 0.1) is 0 Å². The normalized spacial score (nSPS) is 14.6. The second-order valence-electron chi connectivity index (χ2n) is 7.83. The molecular weight excluding hydrogens is 424 g/mol. The van der Waals surface area contributed by atoms with E-state index < -0.39 is 30.1 Å². The number of carbonyl (C=O) groups is 3. The van der Waals surface area contributed by atoms with Crippen molar-refractivity contribution in [2.45, 2.75) is 31.9 Å². The number of amides is 2. The van der Waals surface area contributed by atoms with Gasteiger partial charge >= 0.3 is 12.1 Å². The lowest BCUT2D eigenvalue weighted by Crippen LogP contribution is -2.53. The van der Waals surface area contributed by atoms with Crippen molar-refractivity contribution in [3.63, 3.8) is 0 Å². The first kappa shape index (κ1) is 24.0. The van der Waals surface area contributed by atoms with Gasteiger partial charge in [-0.2, -0.15) is 0 Å². The van der Waals surface area contributed by atoms with Crippen molar-refractivity contribution in [1.82, 2.24) is 10.6 Å². The Morgan fingerprint density at radius 3 is 2.18 bits per heavy atom. The number of rotatable bonds is 9. The average Bonchev–Trinajstić information content (AvgIpc) is 3.14. The van der Waals surface area contributed by atoms with E-state index in [-0.39, 0.29) is 24.6 Å². The molecule has 0 aliphatic heterocycles. The predicted molar refractivity (Wildman–Crippen MR) is 123 cm³/mol. The van der Waals surface area contributed by atoms with Gasteiger partial charge in [0.25, 0.3) is 0 Å². The summed E-state index contributed by atoms with van der Waals surface area (Å²) >= 11 is 0. The molecular formula is C25H28N2O6. The zero-order valence-corrected chi connectivity index (χ0v) is 18.8. The fourth-order valence-electron chi connectivity index (χ4n) is 3.80. The molecule has 0 fully saturated rings. The fourth-order valence-corrected chi connectivity index (χ4v) is 3.80. The SMILES string of the molecule is CO[C@H](C)[C@H](NC(=O)OCC1c2ccccc2-c2ccccc21)C(=O)NC/C=C(\C)C(=O)O. The van der Waals surface area contributed by atoms with Gasteiger partial charge in [-0.1, -0.05) is 54.6 Å². The Hall–Kier alpha value is -3.65. The molecule has 0 spiro atoms. The van der Waals surface area contributed by atoms with Gasteiger partial charge in [-0.25, -0.2) is 9.59 Å². The van der Waals surface area contributed by atoms with Crippen LogP contribution in [-0.4, -0.2) is 55.5 Å². The lowest BCUT2D eigenvalue weighted by atomic mass is 9.98. The molecule has 0 unspecified atom stereocenters. The van der Waals surface area contributed by atoms with Crippen molar-refractivity contribution in [3.05, 3.63) is 71.3 Å². The quantitative estimate of drug-likeness (QED) is 0.504. The molecule has 0 saturated carbocycles. The first-order chi connectivity index (χ1) is 15.8. The van der Waals surface area contributed by atoms with Crippen LogP contribution in [0.1, 0.15) is 30.9 Å². The van der Waals surface area contributed by atoms with Crippen LogP contribution in [-0.2, 0) is 19.1 Å². The van der Waals surface area contributed by atoms with Gasteiger partial charge in [0.05, 0.1) is 6.10 Å². The number of hydrogen-bond acceptors (Lipinski definition) is 5. The number of benzene rings is 2. The Bertz CT molecular complexity index is 1020. The van der Waals surface area contributed by atoms with Crippen LogP contribution in [0.15, 0.2) is 60.2 Å². The number of hydrogen-bond donors (Lipinski definition) is 3. The number of ether oxygens (including phenoxy) is 2. The van der Waals surface area contributed by atoms with E-state index in [9.17, 15) is 14.4 Å². The maximum atomic E-state index is 12.6. The highest BCUT2D eigenvalue weighted by Crippen LogP contribution is 2.44. The zero-order valence-electron chi connectivity index (χ0n) is 18.8. The van der Waals surface area contributed by atoms with Gasteiger partial charge < -0.3 is 25.2 Å². The number of fused-ring (bicyclic) bond motifs is 3. The molecule has 8 heteroatoms. The average molecular weight is 453 g/mol. The highest BCUT2D eigenvalue weighted by Gasteiger charge is 2.31. The minimum atomic E-state index is -1.07. The first-order valence-electron chi connectivity index (χ1n) is 10.7. The lowest BCUT2D eigenvalue weighted by Gasteiger charge is -2.23. The molecule has 0 bridgehead atoms. The summed E-state index contributed by atoms with van der Waals surface area (Å²) in [6.07, 6.45) is 0.00965. The van der Waals surface area contributed by atoms with E-state index in [1.54, 1.807) is 6.92 Å². The maximum absolute atomic E-state index is 12.6. The van der Waals surface area contributed by atoms with Gasteiger partial charge in [-0.05, 0) is 36.1 Å². The van der Waals surface area contributed by atoms with E-state index in [1.165, 1.54) is 20.1 Å². The van der Waals surface area contributed by atoms with Gasteiger partial charge in [-0.15, -0.1) is 0 Å². The molecule has 1 aliphatic carbocycles. The minimum Gasteiger partial charge on any atom is -0.478 e. The lowest BCUT2D eigenvalue weighted by molar-refractivity contribution is -0.132. The Labute approximate surface area is 192 Å². The van der Waals surface area contributed by atoms with Crippen LogP contribution in [0.25, 0.3) is 11.1 Å². The third kappa shape index (κ3) is 5.59. The zero-order chi connectivity index (χ0) is 24.0. The molecule has 3 rings (SSSR count). The molecule has 0 heterocycles. The largest absolute Gasteiger partial charge is 0.478 e. The first-order valence-corrected chi connectivity index (χ1v) is 10.7. The Kier molecular flexibility index (Phi) is 7.84. The number of carboxylic acids is 1. The van der Waals surface area contributed by atoms with Crippen LogP contribution in [0.3, 0.4) is 0 Å². The van der Waals surface area contributed by atoms with Gasteiger partial charge in [-0.3, -0.25) is 4.79 Å². The summed E-state index contributed by atoms with van der Waals surface area (Å²) in [6, 6.07) is 15.0. The van der Waals surface area contributed by atoms with Crippen LogP contribution in [0.2, 0.25) is 0 Å². The van der Waals surface area contributed by atoms with Crippen LogP contribution < -0.4 is 10.6 Å². The third-order valence-corrected chi connectivity index (χ3v) is 5.76. The van der Waals surface area contributed by atoms with E-state index in [2.05, 4.69) is 22.8 Å². The second kappa shape index (κ2) is 10.8. The Morgan fingerprint density at radius 2 is 1.64 bits per heavy atom.